The molecule has 1 amide bonds. The van der Waals surface area contributed by atoms with Crippen molar-refractivity contribution in [2.75, 3.05) is 38.8 Å². The Morgan fingerprint density at radius 3 is 2.87 bits per heavy atom. The maximum atomic E-state index is 12.4. The predicted octanol–water partition coefficient (Wildman–Crippen LogP) is 3.29. The minimum absolute atomic E-state index is 0.0123. The van der Waals surface area contributed by atoms with Crippen molar-refractivity contribution in [2.24, 2.45) is 0 Å². The monoisotopic (exact) mass is 426 g/mol. The van der Waals surface area contributed by atoms with E-state index >= 15 is 0 Å². The van der Waals surface area contributed by atoms with Crippen LogP contribution >= 0.6 is 11.3 Å². The van der Waals surface area contributed by atoms with Gasteiger partial charge in [-0.3, -0.25) is 9.59 Å². The quantitative estimate of drug-likeness (QED) is 0.634. The molecule has 3 heterocycles. The van der Waals surface area contributed by atoms with E-state index in [-0.39, 0.29) is 17.7 Å². The van der Waals surface area contributed by atoms with Crippen LogP contribution in [0.2, 0.25) is 0 Å². The number of nitrogens with zero attached hydrogens (tertiary/aromatic N) is 3. The molecule has 158 valence electrons. The molecule has 0 aliphatic carbocycles. The maximum absolute atomic E-state index is 12.4. The standard InChI is InChI=1S/C22H26N4O3S/c1-13-20(14(2)27)30-22(24-13)26-7-8-29-12-17(26)9-16-11-23-19-6-5-15(10-18(16)19)21(28)25(3)4/h5-6,10-11,17,23H,7-9,12H2,1-4H3/t17-/m0/s1. The van der Waals surface area contributed by atoms with Gasteiger partial charge in [-0.1, -0.05) is 11.3 Å². The number of benzene rings is 1. The molecule has 0 radical (unpaired) electrons. The van der Waals surface area contributed by atoms with E-state index < -0.39 is 0 Å². The number of thiazole rings is 1. The number of aromatic nitrogens is 2. The number of H-pyrrole nitrogens is 1. The smallest absolute Gasteiger partial charge is 0.253 e. The second-order valence-electron chi connectivity index (χ2n) is 7.87. The minimum Gasteiger partial charge on any atom is -0.377 e. The van der Waals surface area contributed by atoms with E-state index in [1.807, 2.05) is 31.3 Å². The average Bonchev–Trinajstić information content (AvgIpc) is 3.31. The van der Waals surface area contributed by atoms with Gasteiger partial charge in [-0.05, 0) is 37.1 Å². The second-order valence-corrected chi connectivity index (χ2v) is 8.84. The number of morpholine rings is 1. The molecule has 0 unspecified atom stereocenters. The molecule has 1 fully saturated rings. The summed E-state index contributed by atoms with van der Waals surface area (Å²) >= 11 is 1.46. The fourth-order valence-corrected chi connectivity index (χ4v) is 4.96. The van der Waals surface area contributed by atoms with Gasteiger partial charge in [-0.25, -0.2) is 4.98 Å². The van der Waals surface area contributed by atoms with Crippen molar-refractivity contribution < 1.29 is 14.3 Å². The van der Waals surface area contributed by atoms with E-state index in [1.54, 1.807) is 25.9 Å². The van der Waals surface area contributed by atoms with Gasteiger partial charge in [0.1, 0.15) is 0 Å². The summed E-state index contributed by atoms with van der Waals surface area (Å²) in [4.78, 5) is 36.8. The lowest BCUT2D eigenvalue weighted by Crippen LogP contribution is -2.46. The summed E-state index contributed by atoms with van der Waals surface area (Å²) in [7, 11) is 3.51. The topological polar surface area (TPSA) is 78.5 Å². The zero-order chi connectivity index (χ0) is 21.4. The Bertz CT molecular complexity index is 1100. The van der Waals surface area contributed by atoms with Crippen molar-refractivity contribution >= 4 is 39.1 Å². The fraction of sp³-hybridized carbons (Fsp3) is 0.409. The molecule has 1 atom stereocenters. The van der Waals surface area contributed by atoms with Crippen LogP contribution in [0.25, 0.3) is 10.9 Å². The molecule has 1 aliphatic rings. The summed E-state index contributed by atoms with van der Waals surface area (Å²) in [5.74, 6) is 0.0393. The third-order valence-electron chi connectivity index (χ3n) is 5.45. The molecule has 3 aromatic rings. The number of Topliss-reactive ketones (excluding diaryl/α,β-unsaturated/α-hetero) is 1. The fourth-order valence-electron chi connectivity index (χ4n) is 3.90. The van der Waals surface area contributed by atoms with Crippen LogP contribution < -0.4 is 4.90 Å². The number of ether oxygens (including phenoxy) is 1. The summed E-state index contributed by atoms with van der Waals surface area (Å²) in [6.45, 7) is 5.44. The van der Waals surface area contributed by atoms with Gasteiger partial charge in [0.25, 0.3) is 5.91 Å². The first kappa shape index (κ1) is 20.6. The first-order valence-electron chi connectivity index (χ1n) is 9.99. The van der Waals surface area contributed by atoms with Crippen LogP contribution in [0.1, 0.15) is 38.2 Å². The number of fused-ring (bicyclic) bond motifs is 1. The zero-order valence-electron chi connectivity index (χ0n) is 17.7. The normalized spacial score (nSPS) is 16.8. The molecule has 2 aromatic heterocycles. The lowest BCUT2D eigenvalue weighted by Gasteiger charge is -2.35. The highest BCUT2D eigenvalue weighted by molar-refractivity contribution is 7.17. The number of amides is 1. The lowest BCUT2D eigenvalue weighted by molar-refractivity contribution is 0.0827. The van der Waals surface area contributed by atoms with E-state index in [9.17, 15) is 9.59 Å². The molecule has 0 spiro atoms. The molecular formula is C22H26N4O3S. The number of carbonyl (C=O) groups excluding carboxylic acids is 2. The van der Waals surface area contributed by atoms with Gasteiger partial charge in [-0.2, -0.15) is 0 Å². The molecule has 0 bridgehead atoms. The largest absolute Gasteiger partial charge is 0.377 e. The number of carbonyl (C=O) groups is 2. The Kier molecular flexibility index (Phi) is 5.62. The number of aromatic amines is 1. The SMILES string of the molecule is CC(=O)c1sc(N2CCOC[C@@H]2Cc2c[nH]c3ccc(C(=O)N(C)C)cc23)nc1C. The van der Waals surface area contributed by atoms with Gasteiger partial charge >= 0.3 is 0 Å². The van der Waals surface area contributed by atoms with Crippen LogP contribution in [-0.4, -0.2) is 66.5 Å². The molecule has 1 aromatic carbocycles. The maximum Gasteiger partial charge on any atom is 0.253 e. The highest BCUT2D eigenvalue weighted by Gasteiger charge is 2.28. The molecule has 1 saturated heterocycles. The van der Waals surface area contributed by atoms with Crippen LogP contribution in [0.15, 0.2) is 24.4 Å². The molecule has 30 heavy (non-hydrogen) atoms. The Morgan fingerprint density at radius 1 is 1.37 bits per heavy atom. The number of hydrogen-bond donors (Lipinski definition) is 1. The van der Waals surface area contributed by atoms with Crippen LogP contribution in [0.4, 0.5) is 5.13 Å². The number of ketones is 1. The second kappa shape index (κ2) is 8.20. The molecule has 0 saturated carbocycles. The molecule has 1 aliphatic heterocycles. The number of nitrogens with one attached hydrogen (secondary N) is 1. The van der Waals surface area contributed by atoms with Gasteiger partial charge in [0.05, 0.1) is 29.8 Å². The Labute approximate surface area is 179 Å². The van der Waals surface area contributed by atoms with E-state index in [4.69, 9.17) is 4.74 Å². The summed E-state index contributed by atoms with van der Waals surface area (Å²) in [5, 5.41) is 1.92. The van der Waals surface area contributed by atoms with Gasteiger partial charge in [0.2, 0.25) is 0 Å². The van der Waals surface area contributed by atoms with Crippen molar-refractivity contribution in [1.29, 1.82) is 0 Å². The Morgan fingerprint density at radius 2 is 2.17 bits per heavy atom. The minimum atomic E-state index is -0.0123. The third kappa shape index (κ3) is 3.85. The predicted molar refractivity (Wildman–Crippen MR) is 119 cm³/mol. The molecule has 8 heteroatoms. The summed E-state index contributed by atoms with van der Waals surface area (Å²) in [6.07, 6.45) is 2.77. The van der Waals surface area contributed by atoms with Crippen LogP contribution in [0.5, 0.6) is 0 Å². The van der Waals surface area contributed by atoms with E-state index in [0.29, 0.717) is 23.7 Å². The average molecular weight is 427 g/mol. The highest BCUT2D eigenvalue weighted by Crippen LogP contribution is 2.31. The summed E-state index contributed by atoms with van der Waals surface area (Å²) in [6, 6.07) is 5.87. The summed E-state index contributed by atoms with van der Waals surface area (Å²) in [5.41, 5.74) is 3.60. The third-order valence-corrected chi connectivity index (χ3v) is 6.75. The highest BCUT2D eigenvalue weighted by atomic mass is 32.1. The number of rotatable bonds is 5. The number of hydrogen-bond acceptors (Lipinski definition) is 6. The van der Waals surface area contributed by atoms with Crippen molar-refractivity contribution in [3.8, 4) is 0 Å². The van der Waals surface area contributed by atoms with Gasteiger partial charge in [-0.15, -0.1) is 0 Å². The van der Waals surface area contributed by atoms with E-state index in [1.165, 1.54) is 11.3 Å². The Balaban J connectivity index is 1.64. The Hall–Kier alpha value is -2.71. The van der Waals surface area contributed by atoms with Crippen molar-refractivity contribution in [2.45, 2.75) is 26.3 Å². The van der Waals surface area contributed by atoms with Gasteiger partial charge in [0.15, 0.2) is 10.9 Å². The number of anilines is 1. The van der Waals surface area contributed by atoms with Crippen LogP contribution in [0.3, 0.4) is 0 Å². The first-order chi connectivity index (χ1) is 14.3. The molecule has 4 rings (SSSR count). The molecule has 1 N–H and O–H groups in total. The van der Waals surface area contributed by atoms with Crippen molar-refractivity contribution in [3.63, 3.8) is 0 Å². The van der Waals surface area contributed by atoms with Gasteiger partial charge in [0, 0.05) is 50.2 Å². The van der Waals surface area contributed by atoms with Crippen LogP contribution in [-0.2, 0) is 11.2 Å². The molecule has 7 nitrogen and oxygen atoms in total. The van der Waals surface area contributed by atoms with Gasteiger partial charge < -0.3 is 19.5 Å². The first-order valence-corrected chi connectivity index (χ1v) is 10.8. The van der Waals surface area contributed by atoms with E-state index in [2.05, 4.69) is 14.9 Å². The number of aryl methyl sites for hydroxylation is 1. The van der Waals surface area contributed by atoms with Crippen LogP contribution in [0, 0.1) is 6.92 Å². The van der Waals surface area contributed by atoms with E-state index in [0.717, 1.165) is 40.3 Å². The molecular weight excluding hydrogens is 400 g/mol. The van der Waals surface area contributed by atoms with Crippen molar-refractivity contribution in [3.05, 3.63) is 46.1 Å². The zero-order valence-corrected chi connectivity index (χ0v) is 18.5. The summed E-state index contributed by atoms with van der Waals surface area (Å²) < 4.78 is 5.77. The van der Waals surface area contributed by atoms with Crippen molar-refractivity contribution in [1.82, 2.24) is 14.9 Å². The lowest BCUT2D eigenvalue weighted by atomic mass is 10.0.